The molecule has 0 unspecified atom stereocenters. The Kier molecular flexibility index (Phi) is 3.86. The zero-order valence-electron chi connectivity index (χ0n) is 8.41. The van der Waals surface area contributed by atoms with Crippen molar-refractivity contribution in [1.82, 2.24) is 4.98 Å². The van der Waals surface area contributed by atoms with Gasteiger partial charge in [-0.2, -0.15) is 0 Å². The summed E-state index contributed by atoms with van der Waals surface area (Å²) in [6.07, 6.45) is -0.0220. The van der Waals surface area contributed by atoms with Crippen molar-refractivity contribution >= 4 is 39.9 Å². The van der Waals surface area contributed by atoms with Crippen molar-refractivity contribution in [2.45, 2.75) is 18.7 Å². The number of aromatic nitrogens is 1. The van der Waals surface area contributed by atoms with Gasteiger partial charge in [-0.1, -0.05) is 11.6 Å². The molecule has 0 radical (unpaired) electrons. The molecule has 1 saturated heterocycles. The number of hydrogen-bond donors (Lipinski definition) is 1. The van der Waals surface area contributed by atoms with Gasteiger partial charge in [-0.05, 0) is 35.1 Å². The van der Waals surface area contributed by atoms with E-state index in [0.29, 0.717) is 24.7 Å². The maximum Gasteiger partial charge on any atom is 0.131 e. The van der Waals surface area contributed by atoms with Crippen molar-refractivity contribution in [3.8, 4) is 0 Å². The number of anilines is 1. The van der Waals surface area contributed by atoms with Gasteiger partial charge in [0.2, 0.25) is 0 Å². The average molecular weight is 357 g/mol. The van der Waals surface area contributed by atoms with Crippen LogP contribution in [0.15, 0.2) is 12.3 Å². The summed E-state index contributed by atoms with van der Waals surface area (Å²) in [5.41, 5.74) is 0.909. The fourth-order valence-electron chi connectivity index (χ4n) is 1.77. The lowest BCUT2D eigenvalue weighted by Crippen LogP contribution is -2.45. The Morgan fingerprint density at radius 2 is 2.38 bits per heavy atom. The van der Waals surface area contributed by atoms with Crippen LogP contribution >= 0.6 is 34.2 Å². The number of rotatable bonds is 1. The maximum atomic E-state index is 13.1. The van der Waals surface area contributed by atoms with Gasteiger partial charge in [0.25, 0.3) is 0 Å². The molecule has 16 heavy (non-hydrogen) atoms. The summed E-state index contributed by atoms with van der Waals surface area (Å²) in [6.45, 7) is 0.895. The average Bonchev–Trinajstić information content (AvgIpc) is 2.26. The molecule has 88 valence electrons. The van der Waals surface area contributed by atoms with E-state index in [1.54, 1.807) is 12.3 Å². The van der Waals surface area contributed by atoms with Crippen LogP contribution in [0.2, 0.25) is 5.15 Å². The summed E-state index contributed by atoms with van der Waals surface area (Å²) >= 11 is 7.98. The highest BCUT2D eigenvalue weighted by molar-refractivity contribution is 14.1. The maximum absolute atomic E-state index is 13.1. The van der Waals surface area contributed by atoms with Crippen LogP contribution in [0.5, 0.6) is 0 Å². The van der Waals surface area contributed by atoms with Crippen LogP contribution in [0.3, 0.4) is 0 Å². The van der Waals surface area contributed by atoms with Crippen molar-refractivity contribution in [2.24, 2.45) is 0 Å². The van der Waals surface area contributed by atoms with Gasteiger partial charge in [0.1, 0.15) is 17.4 Å². The molecule has 1 aliphatic rings. The minimum absolute atomic E-state index is 0.303. The van der Waals surface area contributed by atoms with Crippen LogP contribution < -0.4 is 4.90 Å². The largest absolute Gasteiger partial charge is 0.388 e. The first kappa shape index (κ1) is 12.3. The molecule has 0 bridgehead atoms. The smallest absolute Gasteiger partial charge is 0.131 e. The third kappa shape index (κ3) is 2.57. The number of piperidine rings is 1. The highest BCUT2D eigenvalue weighted by Crippen LogP contribution is 2.27. The first-order valence-corrected chi connectivity index (χ1v) is 6.41. The molecular weight excluding hydrogens is 345 g/mol. The van der Waals surface area contributed by atoms with Crippen LogP contribution in [-0.2, 0) is 0 Å². The number of pyridine rings is 1. The summed E-state index contributed by atoms with van der Waals surface area (Å²) in [5, 5.41) is 9.91. The van der Waals surface area contributed by atoms with E-state index >= 15 is 0 Å². The van der Waals surface area contributed by atoms with E-state index in [1.807, 2.05) is 4.90 Å². The Morgan fingerprint density at radius 1 is 1.62 bits per heavy atom. The Morgan fingerprint density at radius 3 is 3.06 bits per heavy atom. The van der Waals surface area contributed by atoms with E-state index in [2.05, 4.69) is 27.6 Å². The molecule has 1 fully saturated rings. The van der Waals surface area contributed by atoms with Gasteiger partial charge in [0.05, 0.1) is 9.26 Å². The first-order valence-electron chi connectivity index (χ1n) is 4.96. The molecular formula is C10H11ClFIN2O. The van der Waals surface area contributed by atoms with E-state index in [0.717, 1.165) is 9.26 Å². The van der Waals surface area contributed by atoms with Crippen molar-refractivity contribution < 1.29 is 9.50 Å². The number of alkyl halides is 1. The van der Waals surface area contributed by atoms with Crippen LogP contribution in [-0.4, -0.2) is 35.5 Å². The summed E-state index contributed by atoms with van der Waals surface area (Å²) < 4.78 is 14.1. The predicted octanol–water partition coefficient (Wildman–Crippen LogP) is 2.25. The molecule has 2 atom stereocenters. The molecule has 6 heteroatoms. The van der Waals surface area contributed by atoms with Gasteiger partial charge >= 0.3 is 0 Å². The lowest BCUT2D eigenvalue weighted by atomic mass is 10.1. The zero-order valence-corrected chi connectivity index (χ0v) is 11.3. The van der Waals surface area contributed by atoms with Gasteiger partial charge < -0.3 is 10.0 Å². The molecule has 1 N–H and O–H groups in total. The lowest BCUT2D eigenvalue weighted by Gasteiger charge is -2.34. The second-order valence-corrected chi connectivity index (χ2v) is 5.33. The molecule has 3 nitrogen and oxygen atoms in total. The van der Waals surface area contributed by atoms with Crippen LogP contribution in [0, 0.1) is 3.57 Å². The molecule has 0 spiro atoms. The van der Waals surface area contributed by atoms with E-state index in [4.69, 9.17) is 11.6 Å². The van der Waals surface area contributed by atoms with Crippen molar-refractivity contribution in [3.63, 3.8) is 0 Å². The van der Waals surface area contributed by atoms with Gasteiger partial charge in [0.15, 0.2) is 0 Å². The van der Waals surface area contributed by atoms with E-state index < -0.39 is 12.3 Å². The SMILES string of the molecule is O[C@@H]1CN(c2cc(Cl)ncc2I)CC[C@H]1F. The van der Waals surface area contributed by atoms with E-state index in [-0.39, 0.29) is 0 Å². The number of aliphatic hydroxyl groups excluding tert-OH is 1. The van der Waals surface area contributed by atoms with Crippen molar-refractivity contribution in [3.05, 3.63) is 21.0 Å². The third-order valence-electron chi connectivity index (χ3n) is 2.64. The summed E-state index contributed by atoms with van der Waals surface area (Å²) in [5.74, 6) is 0. The topological polar surface area (TPSA) is 36.4 Å². The fourth-order valence-corrected chi connectivity index (χ4v) is 2.56. The fraction of sp³-hybridized carbons (Fsp3) is 0.500. The predicted molar refractivity (Wildman–Crippen MR) is 69.7 cm³/mol. The van der Waals surface area contributed by atoms with Gasteiger partial charge in [-0.25, -0.2) is 9.37 Å². The molecule has 1 aliphatic heterocycles. The van der Waals surface area contributed by atoms with Gasteiger partial charge in [-0.3, -0.25) is 0 Å². The minimum Gasteiger partial charge on any atom is -0.388 e. The monoisotopic (exact) mass is 356 g/mol. The van der Waals surface area contributed by atoms with E-state index in [9.17, 15) is 9.50 Å². The second-order valence-electron chi connectivity index (χ2n) is 3.78. The first-order chi connectivity index (χ1) is 7.58. The lowest BCUT2D eigenvalue weighted by molar-refractivity contribution is 0.0644. The molecule has 2 rings (SSSR count). The third-order valence-corrected chi connectivity index (χ3v) is 3.68. The number of aliphatic hydroxyl groups is 1. The zero-order chi connectivity index (χ0) is 11.7. The van der Waals surface area contributed by atoms with Crippen LogP contribution in [0.25, 0.3) is 0 Å². The number of halogens is 3. The normalized spacial score (nSPS) is 25.9. The molecule has 0 aliphatic carbocycles. The molecule has 0 aromatic carbocycles. The van der Waals surface area contributed by atoms with Gasteiger partial charge in [0, 0.05) is 19.3 Å². The summed E-state index contributed by atoms with van der Waals surface area (Å²) in [7, 11) is 0. The number of nitrogens with zero attached hydrogens (tertiary/aromatic N) is 2. The quantitative estimate of drug-likeness (QED) is 0.619. The Labute approximate surface area is 112 Å². The summed E-state index contributed by atoms with van der Waals surface area (Å²) in [4.78, 5) is 5.90. The van der Waals surface area contributed by atoms with Crippen LogP contribution in [0.4, 0.5) is 10.1 Å². The highest BCUT2D eigenvalue weighted by atomic mass is 127. The molecule has 2 heterocycles. The van der Waals surface area contributed by atoms with E-state index in [1.165, 1.54) is 0 Å². The molecule has 1 aromatic heterocycles. The molecule has 0 amide bonds. The second kappa shape index (κ2) is 5.01. The number of hydrogen-bond acceptors (Lipinski definition) is 3. The van der Waals surface area contributed by atoms with Crippen LogP contribution in [0.1, 0.15) is 6.42 Å². The minimum atomic E-state index is -1.12. The Bertz CT molecular complexity index is 393. The standard InChI is InChI=1S/C10H11ClFIN2O/c11-10-3-8(7(13)4-14-10)15-2-1-6(12)9(16)5-15/h3-4,6,9,16H,1-2,5H2/t6-,9-/m1/s1. The Balaban J connectivity index is 2.21. The summed E-state index contributed by atoms with van der Waals surface area (Å²) in [6, 6.07) is 1.74. The van der Waals surface area contributed by atoms with Crippen molar-refractivity contribution in [2.75, 3.05) is 18.0 Å². The number of β-amino-alcohol motifs (C(OH)–C–C–N with tert-alkyl or cyclic N) is 1. The Hall–Kier alpha value is -0.140. The highest BCUT2D eigenvalue weighted by Gasteiger charge is 2.28. The molecule has 0 saturated carbocycles. The molecule has 1 aromatic rings. The van der Waals surface area contributed by atoms with Gasteiger partial charge in [-0.15, -0.1) is 0 Å². The van der Waals surface area contributed by atoms with Crippen molar-refractivity contribution in [1.29, 1.82) is 0 Å².